The van der Waals surface area contributed by atoms with Gasteiger partial charge in [0.25, 0.3) is 0 Å². The minimum Gasteiger partial charge on any atom is -0.448 e. The average Bonchev–Trinajstić information content (AvgIpc) is 3.02. The molecule has 3 rings (SSSR count). The van der Waals surface area contributed by atoms with Crippen molar-refractivity contribution in [3.8, 4) is 0 Å². The van der Waals surface area contributed by atoms with E-state index in [1.54, 1.807) is 24.0 Å². The molecule has 0 aromatic heterocycles. The number of hydrogen-bond acceptors (Lipinski definition) is 4. The number of amides is 2. The quantitative estimate of drug-likeness (QED) is 0.833. The molecule has 1 heterocycles. The van der Waals surface area contributed by atoms with Gasteiger partial charge in [0.2, 0.25) is 5.91 Å². The lowest BCUT2D eigenvalue weighted by molar-refractivity contribution is -0.116. The lowest BCUT2D eigenvalue weighted by Gasteiger charge is -2.17. The number of benzene rings is 2. The number of carbonyl (C=O) groups excluding carboxylic acids is 2. The van der Waals surface area contributed by atoms with E-state index in [9.17, 15) is 14.0 Å². The first kappa shape index (κ1) is 17.7. The maximum Gasteiger partial charge on any atom is 0.410 e. The second-order valence-corrected chi connectivity index (χ2v) is 6.07. The summed E-state index contributed by atoms with van der Waals surface area (Å²) in [5, 5.41) is 5.65. The molecule has 2 aromatic rings. The fraction of sp³-hybridized carbons (Fsp3) is 0.263. The molecule has 6 nitrogen and oxygen atoms in total. The van der Waals surface area contributed by atoms with Crippen molar-refractivity contribution >= 4 is 23.4 Å². The van der Waals surface area contributed by atoms with E-state index in [-0.39, 0.29) is 17.7 Å². The first-order chi connectivity index (χ1) is 12.5. The van der Waals surface area contributed by atoms with Crippen molar-refractivity contribution < 1.29 is 18.7 Å². The largest absolute Gasteiger partial charge is 0.448 e. The van der Waals surface area contributed by atoms with Crippen LogP contribution in [0.1, 0.15) is 12.5 Å². The third-order valence-corrected chi connectivity index (χ3v) is 4.05. The number of hydrogen-bond donors (Lipinski definition) is 2. The van der Waals surface area contributed by atoms with Gasteiger partial charge >= 0.3 is 6.09 Å². The van der Waals surface area contributed by atoms with E-state index in [0.29, 0.717) is 19.7 Å². The summed E-state index contributed by atoms with van der Waals surface area (Å²) in [4.78, 5) is 25.4. The SMILES string of the molecule is C[C@H](Nc1cccc(CN2CCOC2=O)c1)C(=O)Nc1ccccc1F. The molecular formula is C19H20FN3O3. The molecule has 0 radical (unpaired) electrons. The van der Waals surface area contributed by atoms with Crippen molar-refractivity contribution in [1.82, 2.24) is 4.90 Å². The summed E-state index contributed by atoms with van der Waals surface area (Å²) in [6.07, 6.45) is -0.319. The minimum absolute atomic E-state index is 0.146. The monoisotopic (exact) mass is 357 g/mol. The zero-order chi connectivity index (χ0) is 18.5. The fourth-order valence-corrected chi connectivity index (χ4v) is 2.67. The lowest BCUT2D eigenvalue weighted by Crippen LogP contribution is -2.32. The molecule has 1 saturated heterocycles. The summed E-state index contributed by atoms with van der Waals surface area (Å²) in [7, 11) is 0. The number of nitrogens with one attached hydrogen (secondary N) is 2. The molecule has 1 aliphatic rings. The van der Waals surface area contributed by atoms with Crippen LogP contribution in [-0.2, 0) is 16.1 Å². The Labute approximate surface area is 150 Å². The number of carbonyl (C=O) groups is 2. The Hall–Kier alpha value is -3.09. The number of para-hydroxylation sites is 1. The van der Waals surface area contributed by atoms with E-state index in [2.05, 4.69) is 10.6 Å². The molecule has 0 spiro atoms. The zero-order valence-electron chi connectivity index (χ0n) is 14.4. The fourth-order valence-electron chi connectivity index (χ4n) is 2.67. The smallest absolute Gasteiger partial charge is 0.410 e. The van der Waals surface area contributed by atoms with Gasteiger partial charge < -0.3 is 20.3 Å². The van der Waals surface area contributed by atoms with Gasteiger partial charge in [-0.25, -0.2) is 9.18 Å². The molecule has 0 unspecified atom stereocenters. The van der Waals surface area contributed by atoms with Crippen molar-refractivity contribution in [3.05, 3.63) is 59.9 Å². The van der Waals surface area contributed by atoms with Gasteiger partial charge in [0.15, 0.2) is 0 Å². The van der Waals surface area contributed by atoms with Crippen LogP contribution < -0.4 is 10.6 Å². The van der Waals surface area contributed by atoms with E-state index in [1.165, 1.54) is 12.1 Å². The normalized spacial score (nSPS) is 14.7. The van der Waals surface area contributed by atoms with Crippen LogP contribution in [0.3, 0.4) is 0 Å². The zero-order valence-corrected chi connectivity index (χ0v) is 14.4. The van der Waals surface area contributed by atoms with Crippen LogP contribution >= 0.6 is 0 Å². The van der Waals surface area contributed by atoms with E-state index < -0.39 is 11.9 Å². The Bertz CT molecular complexity index is 812. The second-order valence-electron chi connectivity index (χ2n) is 6.07. The van der Waals surface area contributed by atoms with E-state index >= 15 is 0 Å². The molecule has 0 saturated carbocycles. The Kier molecular flexibility index (Phi) is 5.36. The van der Waals surface area contributed by atoms with Crippen molar-refractivity contribution in [1.29, 1.82) is 0 Å². The Balaban J connectivity index is 1.61. The van der Waals surface area contributed by atoms with Crippen LogP contribution in [0, 0.1) is 5.82 Å². The summed E-state index contributed by atoms with van der Waals surface area (Å²) < 4.78 is 18.6. The van der Waals surface area contributed by atoms with E-state index in [4.69, 9.17) is 4.74 Å². The number of nitrogens with zero attached hydrogens (tertiary/aromatic N) is 1. The molecule has 1 fully saturated rings. The molecule has 0 bridgehead atoms. The number of ether oxygens (including phenoxy) is 1. The molecular weight excluding hydrogens is 337 g/mol. The average molecular weight is 357 g/mol. The van der Waals surface area contributed by atoms with Crippen molar-refractivity contribution in [2.45, 2.75) is 19.5 Å². The highest BCUT2D eigenvalue weighted by Gasteiger charge is 2.22. The van der Waals surface area contributed by atoms with Gasteiger partial charge in [0, 0.05) is 12.2 Å². The molecule has 2 N–H and O–H groups in total. The van der Waals surface area contributed by atoms with Crippen LogP contribution in [0.25, 0.3) is 0 Å². The van der Waals surface area contributed by atoms with Crippen LogP contribution in [0.4, 0.5) is 20.6 Å². The standard InChI is InChI=1S/C19H20FN3O3/c1-13(18(24)22-17-8-3-2-7-16(17)20)21-15-6-4-5-14(11-15)12-23-9-10-26-19(23)25/h2-8,11,13,21H,9-10,12H2,1H3,(H,22,24)/t13-/m0/s1. The van der Waals surface area contributed by atoms with Crippen molar-refractivity contribution in [2.75, 3.05) is 23.8 Å². The molecule has 136 valence electrons. The summed E-state index contributed by atoms with van der Waals surface area (Å²) >= 11 is 0. The van der Waals surface area contributed by atoms with Crippen molar-refractivity contribution in [2.24, 2.45) is 0 Å². The maximum atomic E-state index is 13.6. The maximum absolute atomic E-state index is 13.6. The van der Waals surface area contributed by atoms with Crippen LogP contribution in [0.5, 0.6) is 0 Å². The van der Waals surface area contributed by atoms with Gasteiger partial charge in [0.05, 0.1) is 12.2 Å². The molecule has 7 heteroatoms. The van der Waals surface area contributed by atoms with Gasteiger partial charge in [-0.05, 0) is 36.8 Å². The molecule has 2 aromatic carbocycles. The third-order valence-electron chi connectivity index (χ3n) is 4.05. The van der Waals surface area contributed by atoms with E-state index in [1.807, 2.05) is 24.3 Å². The third kappa shape index (κ3) is 4.30. The summed E-state index contributed by atoms with van der Waals surface area (Å²) in [6, 6.07) is 12.9. The van der Waals surface area contributed by atoms with Crippen LogP contribution in [-0.4, -0.2) is 36.1 Å². The first-order valence-electron chi connectivity index (χ1n) is 8.35. The highest BCUT2D eigenvalue weighted by Crippen LogP contribution is 2.17. The minimum atomic E-state index is -0.568. The van der Waals surface area contributed by atoms with Gasteiger partial charge in [-0.2, -0.15) is 0 Å². The molecule has 1 aliphatic heterocycles. The number of cyclic esters (lactones) is 1. The Morgan fingerprint density at radius 2 is 2.08 bits per heavy atom. The number of halogens is 1. The van der Waals surface area contributed by atoms with Gasteiger partial charge in [-0.3, -0.25) is 4.79 Å². The molecule has 0 aliphatic carbocycles. The first-order valence-corrected chi connectivity index (χ1v) is 8.35. The summed E-state index contributed by atoms with van der Waals surface area (Å²) in [6.45, 7) is 3.12. The Morgan fingerprint density at radius 3 is 2.81 bits per heavy atom. The predicted molar refractivity (Wildman–Crippen MR) is 96.3 cm³/mol. The number of rotatable bonds is 6. The molecule has 26 heavy (non-hydrogen) atoms. The number of anilines is 2. The van der Waals surface area contributed by atoms with Crippen LogP contribution in [0.2, 0.25) is 0 Å². The van der Waals surface area contributed by atoms with Crippen molar-refractivity contribution in [3.63, 3.8) is 0 Å². The van der Waals surface area contributed by atoms with Crippen LogP contribution in [0.15, 0.2) is 48.5 Å². The highest BCUT2D eigenvalue weighted by atomic mass is 19.1. The summed E-state index contributed by atoms with van der Waals surface area (Å²) in [5.74, 6) is -0.823. The summed E-state index contributed by atoms with van der Waals surface area (Å²) in [5.41, 5.74) is 1.81. The van der Waals surface area contributed by atoms with Gasteiger partial charge in [-0.1, -0.05) is 24.3 Å². The van der Waals surface area contributed by atoms with Gasteiger partial charge in [-0.15, -0.1) is 0 Å². The topological polar surface area (TPSA) is 70.7 Å². The highest BCUT2D eigenvalue weighted by molar-refractivity contribution is 5.96. The predicted octanol–water partition coefficient (Wildman–Crippen LogP) is 3.22. The Morgan fingerprint density at radius 1 is 1.27 bits per heavy atom. The molecule has 1 atom stereocenters. The van der Waals surface area contributed by atoms with E-state index in [0.717, 1.165) is 11.3 Å². The second kappa shape index (κ2) is 7.86. The lowest BCUT2D eigenvalue weighted by atomic mass is 10.1. The molecule has 2 amide bonds. The van der Waals surface area contributed by atoms with Gasteiger partial charge in [0.1, 0.15) is 18.5 Å².